The molecule has 2 aromatic heterocycles. The maximum Gasteiger partial charge on any atom is 0.251 e. The monoisotopic (exact) mass is 559 g/mol. The Labute approximate surface area is 237 Å². The van der Waals surface area contributed by atoms with Gasteiger partial charge < -0.3 is 20.3 Å². The SMILES string of the molecule is COc1ccc(N2CCN(CCNC(=O)c3ccc(Nc4nc5ccccc5n5nnnc45)cc3)CC2)cc1.Cl. The zero-order chi connectivity index (χ0) is 26.6. The van der Waals surface area contributed by atoms with Crippen molar-refractivity contribution in [2.24, 2.45) is 0 Å². The Morgan fingerprint density at radius 3 is 2.45 bits per heavy atom. The molecule has 3 heterocycles. The second-order valence-corrected chi connectivity index (χ2v) is 9.35. The first-order valence-electron chi connectivity index (χ1n) is 12.9. The molecule has 1 amide bonds. The van der Waals surface area contributed by atoms with Crippen LogP contribution in [0.1, 0.15) is 10.4 Å². The third-order valence-electron chi connectivity index (χ3n) is 6.96. The van der Waals surface area contributed by atoms with Crippen LogP contribution < -0.4 is 20.3 Å². The summed E-state index contributed by atoms with van der Waals surface area (Å²) in [5.74, 6) is 1.32. The van der Waals surface area contributed by atoms with Crippen molar-refractivity contribution in [1.82, 2.24) is 35.2 Å². The Morgan fingerprint density at radius 1 is 0.950 bits per heavy atom. The molecular formula is C28H30ClN9O2. The van der Waals surface area contributed by atoms with Crippen LogP contribution in [0.3, 0.4) is 0 Å². The predicted molar refractivity (Wildman–Crippen MR) is 157 cm³/mol. The molecule has 6 rings (SSSR count). The zero-order valence-corrected chi connectivity index (χ0v) is 22.8. The maximum absolute atomic E-state index is 12.7. The van der Waals surface area contributed by atoms with Crippen LogP contribution in [0.5, 0.6) is 5.75 Å². The van der Waals surface area contributed by atoms with Gasteiger partial charge in [-0.05, 0) is 71.1 Å². The van der Waals surface area contributed by atoms with E-state index >= 15 is 0 Å². The van der Waals surface area contributed by atoms with Crippen LogP contribution in [0, 0.1) is 0 Å². The van der Waals surface area contributed by atoms with Crippen molar-refractivity contribution in [3.63, 3.8) is 0 Å². The molecule has 206 valence electrons. The van der Waals surface area contributed by atoms with Gasteiger partial charge in [-0.25, -0.2) is 4.98 Å². The van der Waals surface area contributed by atoms with E-state index < -0.39 is 0 Å². The summed E-state index contributed by atoms with van der Waals surface area (Å²) in [6.07, 6.45) is 0. The number of para-hydroxylation sites is 2. The highest BCUT2D eigenvalue weighted by molar-refractivity contribution is 5.94. The number of hydrogen-bond acceptors (Lipinski definition) is 9. The molecule has 3 aromatic carbocycles. The second kappa shape index (κ2) is 12.1. The number of halogens is 1. The topological polar surface area (TPSA) is 113 Å². The smallest absolute Gasteiger partial charge is 0.251 e. The molecular weight excluding hydrogens is 530 g/mol. The molecule has 0 saturated carbocycles. The van der Waals surface area contributed by atoms with Crippen LogP contribution in [0.2, 0.25) is 0 Å². The van der Waals surface area contributed by atoms with Gasteiger partial charge in [0.05, 0.1) is 18.1 Å². The maximum atomic E-state index is 12.7. The predicted octanol–water partition coefficient (Wildman–Crippen LogP) is 3.40. The van der Waals surface area contributed by atoms with Gasteiger partial charge in [0.2, 0.25) is 5.65 Å². The largest absolute Gasteiger partial charge is 0.497 e. The number of carbonyl (C=O) groups excluding carboxylic acids is 1. The summed E-state index contributed by atoms with van der Waals surface area (Å²) in [5, 5.41) is 18.3. The average Bonchev–Trinajstić information content (AvgIpc) is 3.49. The number of piperazine rings is 1. The van der Waals surface area contributed by atoms with Crippen LogP contribution in [0.4, 0.5) is 17.2 Å². The Bertz CT molecular complexity index is 1580. The van der Waals surface area contributed by atoms with E-state index in [4.69, 9.17) is 4.74 Å². The molecule has 0 radical (unpaired) electrons. The number of nitrogens with one attached hydrogen (secondary N) is 2. The summed E-state index contributed by atoms with van der Waals surface area (Å²) in [5.41, 5.74) is 4.73. The highest BCUT2D eigenvalue weighted by Gasteiger charge is 2.17. The lowest BCUT2D eigenvalue weighted by atomic mass is 10.2. The lowest BCUT2D eigenvalue weighted by Crippen LogP contribution is -2.48. The van der Waals surface area contributed by atoms with Gasteiger partial charge in [0.15, 0.2) is 5.82 Å². The molecule has 11 nitrogen and oxygen atoms in total. The fourth-order valence-corrected chi connectivity index (χ4v) is 4.78. The van der Waals surface area contributed by atoms with Gasteiger partial charge in [-0.3, -0.25) is 9.69 Å². The van der Waals surface area contributed by atoms with E-state index in [-0.39, 0.29) is 18.3 Å². The van der Waals surface area contributed by atoms with Gasteiger partial charge in [-0.1, -0.05) is 12.1 Å². The van der Waals surface area contributed by atoms with Gasteiger partial charge in [0, 0.05) is 56.2 Å². The van der Waals surface area contributed by atoms with Crippen LogP contribution in [0.25, 0.3) is 16.7 Å². The molecule has 40 heavy (non-hydrogen) atoms. The van der Waals surface area contributed by atoms with Crippen molar-refractivity contribution >= 4 is 52.2 Å². The number of fused-ring (bicyclic) bond motifs is 3. The number of aromatic nitrogens is 5. The van der Waals surface area contributed by atoms with E-state index in [1.165, 1.54) is 5.69 Å². The number of amides is 1. The molecule has 0 atom stereocenters. The van der Waals surface area contributed by atoms with Crippen molar-refractivity contribution in [3.05, 3.63) is 78.4 Å². The molecule has 0 aliphatic carbocycles. The summed E-state index contributed by atoms with van der Waals surface area (Å²) in [4.78, 5) is 22.2. The van der Waals surface area contributed by atoms with Crippen LogP contribution in [-0.2, 0) is 0 Å². The summed E-state index contributed by atoms with van der Waals surface area (Å²) >= 11 is 0. The van der Waals surface area contributed by atoms with E-state index in [0.717, 1.165) is 55.2 Å². The molecule has 1 saturated heterocycles. The first-order valence-corrected chi connectivity index (χ1v) is 12.9. The van der Waals surface area contributed by atoms with E-state index in [0.29, 0.717) is 23.6 Å². The van der Waals surface area contributed by atoms with Crippen molar-refractivity contribution in [2.75, 3.05) is 56.6 Å². The van der Waals surface area contributed by atoms with Gasteiger partial charge in [0.1, 0.15) is 5.75 Å². The molecule has 12 heteroatoms. The summed E-state index contributed by atoms with van der Waals surface area (Å²) in [6, 6.07) is 23.2. The molecule has 1 fully saturated rings. The standard InChI is InChI=1S/C28H29N9O2.ClH/c1-39-23-12-10-22(11-13-23)36-18-16-35(17-19-36)15-14-29-28(38)20-6-8-21(9-7-20)30-26-27-32-33-34-37(27)25-5-3-2-4-24(25)31-26;/h2-13H,14-19H2,1H3,(H,29,38)(H,30,31);1H. The van der Waals surface area contributed by atoms with E-state index in [1.807, 2.05) is 48.5 Å². The molecule has 5 aromatic rings. The third-order valence-corrected chi connectivity index (χ3v) is 6.96. The number of hydrogen-bond donors (Lipinski definition) is 2. The van der Waals surface area contributed by atoms with Crippen molar-refractivity contribution in [1.29, 1.82) is 0 Å². The number of methoxy groups -OCH3 is 1. The Morgan fingerprint density at radius 2 is 1.70 bits per heavy atom. The molecule has 0 unspecified atom stereocenters. The Hall–Kier alpha value is -4.48. The Kier molecular flexibility index (Phi) is 8.23. The third kappa shape index (κ3) is 5.75. The number of rotatable bonds is 8. The van der Waals surface area contributed by atoms with Gasteiger partial charge in [-0.15, -0.1) is 17.5 Å². The molecule has 1 aliphatic rings. The van der Waals surface area contributed by atoms with Crippen molar-refractivity contribution in [3.8, 4) is 5.75 Å². The summed E-state index contributed by atoms with van der Waals surface area (Å²) in [7, 11) is 1.68. The van der Waals surface area contributed by atoms with Crippen LogP contribution in [-0.4, -0.2) is 82.2 Å². The Balaban J connectivity index is 0.00000323. The minimum atomic E-state index is -0.0914. The first-order chi connectivity index (χ1) is 19.2. The summed E-state index contributed by atoms with van der Waals surface area (Å²) < 4.78 is 6.91. The fourth-order valence-electron chi connectivity index (χ4n) is 4.78. The number of ether oxygens (including phenoxy) is 1. The number of tetrazole rings is 1. The number of carbonyl (C=O) groups is 1. The lowest BCUT2D eigenvalue weighted by molar-refractivity contribution is 0.0948. The van der Waals surface area contributed by atoms with Crippen LogP contribution in [0.15, 0.2) is 72.8 Å². The fraction of sp³-hybridized carbons (Fsp3) is 0.250. The number of benzene rings is 3. The highest BCUT2D eigenvalue weighted by Crippen LogP contribution is 2.23. The molecule has 0 bridgehead atoms. The van der Waals surface area contributed by atoms with Crippen molar-refractivity contribution < 1.29 is 9.53 Å². The minimum absolute atomic E-state index is 0. The minimum Gasteiger partial charge on any atom is -0.497 e. The zero-order valence-electron chi connectivity index (χ0n) is 22.0. The molecule has 0 spiro atoms. The first kappa shape index (κ1) is 27.1. The highest BCUT2D eigenvalue weighted by atomic mass is 35.5. The molecule has 2 N–H and O–H groups in total. The second-order valence-electron chi connectivity index (χ2n) is 9.35. The van der Waals surface area contributed by atoms with Gasteiger partial charge >= 0.3 is 0 Å². The quantitative estimate of drug-likeness (QED) is 0.295. The normalized spacial score (nSPS) is 13.7. The van der Waals surface area contributed by atoms with Crippen molar-refractivity contribution in [2.45, 2.75) is 0 Å². The molecule has 1 aliphatic heterocycles. The van der Waals surface area contributed by atoms with Gasteiger partial charge in [-0.2, -0.15) is 4.52 Å². The number of anilines is 3. The lowest BCUT2D eigenvalue weighted by Gasteiger charge is -2.36. The number of nitrogens with zero attached hydrogens (tertiary/aromatic N) is 7. The van der Waals surface area contributed by atoms with E-state index in [1.54, 1.807) is 23.8 Å². The van der Waals surface area contributed by atoms with E-state index in [2.05, 4.69) is 53.1 Å². The van der Waals surface area contributed by atoms with E-state index in [9.17, 15) is 4.79 Å². The van der Waals surface area contributed by atoms with Gasteiger partial charge in [0.25, 0.3) is 5.91 Å². The van der Waals surface area contributed by atoms with Crippen LogP contribution >= 0.6 is 12.4 Å². The average molecular weight is 560 g/mol. The summed E-state index contributed by atoms with van der Waals surface area (Å²) in [6.45, 7) is 5.24.